The molecule has 2 aliphatic rings. The van der Waals surface area contributed by atoms with Crippen LogP contribution in [0, 0.1) is 0 Å². The van der Waals surface area contributed by atoms with E-state index in [9.17, 15) is 14.2 Å². The Morgan fingerprint density at radius 3 is 2.79 bits per heavy atom. The summed E-state index contributed by atoms with van der Waals surface area (Å²) in [6.45, 7) is 0.903. The van der Waals surface area contributed by atoms with E-state index >= 15 is 4.39 Å². The van der Waals surface area contributed by atoms with Gasteiger partial charge in [-0.15, -0.1) is 0 Å². The Balaban J connectivity index is 1.54. The van der Waals surface area contributed by atoms with E-state index in [0.29, 0.717) is 0 Å². The van der Waals surface area contributed by atoms with Crippen LogP contribution in [0.3, 0.4) is 0 Å². The first kappa shape index (κ1) is 19.2. The first-order valence-corrected chi connectivity index (χ1v) is 10.0. The molecule has 28 heavy (non-hydrogen) atoms. The first-order valence-electron chi connectivity index (χ1n) is 8.56. The van der Waals surface area contributed by atoms with Gasteiger partial charge in [-0.25, -0.2) is 13.8 Å². The molecular formula is C17H18FN2O7P. The number of aromatic nitrogens is 2. The van der Waals surface area contributed by atoms with Crippen LogP contribution in [0.2, 0.25) is 0 Å². The second-order valence-corrected chi connectivity index (χ2v) is 8.35. The Hall–Kier alpha value is -2.10. The van der Waals surface area contributed by atoms with Crippen LogP contribution >= 0.6 is 7.82 Å². The lowest BCUT2D eigenvalue weighted by atomic mass is 9.98. The number of nitrogens with zero attached hydrogens (tertiary/aromatic N) is 1. The van der Waals surface area contributed by atoms with Crippen LogP contribution in [0.4, 0.5) is 4.39 Å². The number of fused-ring (bicyclic) bond motifs is 1. The molecule has 0 spiro atoms. The van der Waals surface area contributed by atoms with E-state index < -0.39 is 43.2 Å². The predicted octanol–water partition coefficient (Wildman–Crippen LogP) is 1.90. The van der Waals surface area contributed by atoms with E-state index in [-0.39, 0.29) is 13.2 Å². The summed E-state index contributed by atoms with van der Waals surface area (Å²) in [6.07, 6.45) is -2.45. The molecular weight excluding hydrogens is 394 g/mol. The summed E-state index contributed by atoms with van der Waals surface area (Å²) in [5, 5.41) is 0. The number of ether oxygens (including phenoxy) is 1. The molecule has 1 aromatic heterocycles. The van der Waals surface area contributed by atoms with Gasteiger partial charge >= 0.3 is 13.5 Å². The third kappa shape index (κ3) is 3.49. The van der Waals surface area contributed by atoms with Crippen molar-refractivity contribution in [1.82, 2.24) is 9.55 Å². The molecule has 9 nitrogen and oxygen atoms in total. The Bertz CT molecular complexity index is 1020. The molecule has 1 unspecified atom stereocenters. The fraction of sp³-hybridized carbons (Fsp3) is 0.412. The van der Waals surface area contributed by atoms with Crippen molar-refractivity contribution in [3.8, 4) is 0 Å². The average molecular weight is 412 g/mol. The van der Waals surface area contributed by atoms with Crippen molar-refractivity contribution in [2.45, 2.75) is 37.6 Å². The summed E-state index contributed by atoms with van der Waals surface area (Å²) in [5.74, 6) is 0. The minimum absolute atomic E-state index is 0.0395. The molecule has 11 heteroatoms. The number of rotatable bonds is 4. The minimum Gasteiger partial charge on any atom is -0.346 e. The lowest BCUT2D eigenvalue weighted by Gasteiger charge is -2.33. The SMILES string of the molecule is C[C@@]1(F)[C@@H]2OP(=O)(OCc3ccccc3)OC[C@H]2O[C@H]1n1ccc(=O)[nH]c1=O. The van der Waals surface area contributed by atoms with Gasteiger partial charge in [-0.1, -0.05) is 30.3 Å². The zero-order valence-corrected chi connectivity index (χ0v) is 15.7. The maximum Gasteiger partial charge on any atom is 0.475 e. The molecule has 2 aliphatic heterocycles. The summed E-state index contributed by atoms with van der Waals surface area (Å²) in [4.78, 5) is 25.3. The molecule has 2 aromatic rings. The number of benzene rings is 1. The number of hydrogen-bond acceptors (Lipinski definition) is 7. The van der Waals surface area contributed by atoms with Crippen molar-refractivity contribution < 1.29 is 27.3 Å². The Morgan fingerprint density at radius 1 is 1.32 bits per heavy atom. The largest absolute Gasteiger partial charge is 0.475 e. The number of alkyl halides is 1. The molecule has 0 radical (unpaired) electrons. The van der Waals surface area contributed by atoms with Crippen LogP contribution in [-0.2, 0) is 29.5 Å². The number of phosphoric ester groups is 1. The normalized spacial score (nSPS) is 34.9. The van der Waals surface area contributed by atoms with Crippen molar-refractivity contribution in [2.24, 2.45) is 0 Å². The van der Waals surface area contributed by atoms with E-state index in [1.165, 1.54) is 6.92 Å². The molecule has 1 N–H and O–H groups in total. The quantitative estimate of drug-likeness (QED) is 0.764. The number of halogens is 1. The lowest BCUT2D eigenvalue weighted by molar-refractivity contribution is -0.0732. The molecule has 2 saturated heterocycles. The molecule has 150 valence electrons. The van der Waals surface area contributed by atoms with Gasteiger partial charge in [0.15, 0.2) is 11.9 Å². The van der Waals surface area contributed by atoms with Gasteiger partial charge in [0.2, 0.25) is 0 Å². The second kappa shape index (κ2) is 7.06. The third-order valence-electron chi connectivity index (χ3n) is 4.66. The Morgan fingerprint density at radius 2 is 2.07 bits per heavy atom. The van der Waals surface area contributed by atoms with Gasteiger partial charge in [0, 0.05) is 12.3 Å². The molecule has 0 bridgehead atoms. The van der Waals surface area contributed by atoms with Gasteiger partial charge in [-0.3, -0.25) is 27.9 Å². The summed E-state index contributed by atoms with van der Waals surface area (Å²) in [7, 11) is -4.03. The Labute approximate surface area is 158 Å². The van der Waals surface area contributed by atoms with Gasteiger partial charge in [0.25, 0.3) is 5.56 Å². The minimum atomic E-state index is -4.03. The lowest BCUT2D eigenvalue weighted by Crippen LogP contribution is -2.46. The zero-order valence-electron chi connectivity index (χ0n) is 14.8. The number of aromatic amines is 1. The van der Waals surface area contributed by atoms with Crippen LogP contribution in [0.15, 0.2) is 52.2 Å². The van der Waals surface area contributed by atoms with E-state index in [1.54, 1.807) is 24.3 Å². The Kier molecular flexibility index (Phi) is 4.84. The molecule has 2 fully saturated rings. The first-order chi connectivity index (χ1) is 13.3. The highest BCUT2D eigenvalue weighted by atomic mass is 31.2. The van der Waals surface area contributed by atoms with E-state index in [0.717, 1.165) is 22.4 Å². The molecule has 0 amide bonds. The summed E-state index contributed by atoms with van der Waals surface area (Å²) in [6, 6.07) is 10.0. The van der Waals surface area contributed by atoms with Crippen molar-refractivity contribution in [1.29, 1.82) is 0 Å². The van der Waals surface area contributed by atoms with Crippen LogP contribution in [0.25, 0.3) is 0 Å². The fourth-order valence-electron chi connectivity index (χ4n) is 3.25. The van der Waals surface area contributed by atoms with Crippen molar-refractivity contribution in [3.05, 3.63) is 69.0 Å². The number of hydrogen-bond donors (Lipinski definition) is 1. The molecule has 1 aromatic carbocycles. The number of H-pyrrole nitrogens is 1. The molecule has 4 rings (SSSR count). The van der Waals surface area contributed by atoms with Gasteiger partial charge < -0.3 is 4.74 Å². The average Bonchev–Trinajstić information content (AvgIpc) is 2.91. The molecule has 3 heterocycles. The highest BCUT2D eigenvalue weighted by Gasteiger charge is 2.61. The summed E-state index contributed by atoms with van der Waals surface area (Å²) >= 11 is 0. The van der Waals surface area contributed by atoms with E-state index in [1.807, 2.05) is 11.1 Å². The number of phosphoric acid groups is 1. The third-order valence-corrected chi connectivity index (χ3v) is 6.05. The highest BCUT2D eigenvalue weighted by Crippen LogP contribution is 2.59. The van der Waals surface area contributed by atoms with Crippen LogP contribution in [0.1, 0.15) is 18.7 Å². The second-order valence-electron chi connectivity index (χ2n) is 6.72. The van der Waals surface area contributed by atoms with Crippen molar-refractivity contribution >= 4 is 7.82 Å². The standard InChI is InChI=1S/C17H18FN2O7P/c1-17(18)14-12(26-15(17)20-8-7-13(21)19-16(20)22)10-25-28(23,27-14)24-9-11-5-3-2-4-6-11/h2-8,12,14-15H,9-10H2,1H3,(H,19,21,22)/t12-,14-,15-,17-,28?/m1/s1. The van der Waals surface area contributed by atoms with Crippen molar-refractivity contribution in [3.63, 3.8) is 0 Å². The molecule has 0 aliphatic carbocycles. The maximum absolute atomic E-state index is 15.6. The molecule has 0 saturated carbocycles. The van der Waals surface area contributed by atoms with Crippen LogP contribution < -0.4 is 11.2 Å². The zero-order chi connectivity index (χ0) is 19.9. The van der Waals surface area contributed by atoms with Gasteiger partial charge in [-0.2, -0.15) is 0 Å². The van der Waals surface area contributed by atoms with Crippen molar-refractivity contribution in [2.75, 3.05) is 6.61 Å². The van der Waals surface area contributed by atoms with Gasteiger partial charge in [0.05, 0.1) is 13.2 Å². The van der Waals surface area contributed by atoms with E-state index in [4.69, 9.17) is 18.3 Å². The molecule has 5 atom stereocenters. The number of nitrogens with one attached hydrogen (secondary N) is 1. The smallest absolute Gasteiger partial charge is 0.346 e. The highest BCUT2D eigenvalue weighted by molar-refractivity contribution is 7.48. The van der Waals surface area contributed by atoms with E-state index in [2.05, 4.69) is 0 Å². The maximum atomic E-state index is 15.6. The van der Waals surface area contributed by atoms with Crippen LogP contribution in [0.5, 0.6) is 0 Å². The van der Waals surface area contributed by atoms with Crippen LogP contribution in [-0.4, -0.2) is 34.0 Å². The predicted molar refractivity (Wildman–Crippen MR) is 94.4 cm³/mol. The fourth-order valence-corrected chi connectivity index (χ4v) is 4.70. The van der Waals surface area contributed by atoms with Gasteiger partial charge in [0.1, 0.15) is 12.2 Å². The summed E-state index contributed by atoms with van der Waals surface area (Å²) in [5.41, 5.74) is -2.93. The summed E-state index contributed by atoms with van der Waals surface area (Å²) < 4.78 is 50.7. The van der Waals surface area contributed by atoms with Gasteiger partial charge in [-0.05, 0) is 12.5 Å². The monoisotopic (exact) mass is 412 g/mol. The topological polar surface area (TPSA) is 109 Å².